The van der Waals surface area contributed by atoms with Gasteiger partial charge in [0.1, 0.15) is 17.4 Å². The Hall–Kier alpha value is -1.22. The van der Waals surface area contributed by atoms with Gasteiger partial charge in [0, 0.05) is 17.0 Å². The highest BCUT2D eigenvalue weighted by atomic mass is 35.5. The van der Waals surface area contributed by atoms with Gasteiger partial charge in [-0.3, -0.25) is 0 Å². The zero-order valence-corrected chi connectivity index (χ0v) is 8.34. The molecule has 1 unspecified atom stereocenters. The van der Waals surface area contributed by atoms with Gasteiger partial charge >= 0.3 is 5.97 Å². The number of benzene rings is 1. The Morgan fingerprint density at radius 3 is 3.00 bits per heavy atom. The van der Waals surface area contributed by atoms with Crippen LogP contribution in [0, 0.1) is 0 Å². The summed E-state index contributed by atoms with van der Waals surface area (Å²) in [5.74, 6) is -0.551. The highest BCUT2D eigenvalue weighted by Gasteiger charge is 2.26. The predicted octanol–water partition coefficient (Wildman–Crippen LogP) is 2.36. The van der Waals surface area contributed by atoms with Crippen molar-refractivity contribution < 1.29 is 14.6 Å². The summed E-state index contributed by atoms with van der Waals surface area (Å²) in [6, 6.07) is 3.08. The second kappa shape index (κ2) is 3.17. The summed E-state index contributed by atoms with van der Waals surface area (Å²) in [4.78, 5) is 10.9. The molecule has 0 radical (unpaired) electrons. The molecule has 1 aliphatic rings. The van der Waals surface area contributed by atoms with E-state index in [4.69, 9.17) is 21.4 Å². The van der Waals surface area contributed by atoms with E-state index < -0.39 is 5.97 Å². The van der Waals surface area contributed by atoms with Gasteiger partial charge in [-0.05, 0) is 19.1 Å². The minimum atomic E-state index is -0.980. The summed E-state index contributed by atoms with van der Waals surface area (Å²) in [5.41, 5.74) is 0.993. The lowest BCUT2D eigenvalue weighted by molar-refractivity contribution is 0.0692. The molecule has 0 fully saturated rings. The van der Waals surface area contributed by atoms with E-state index in [9.17, 15) is 4.79 Å². The van der Waals surface area contributed by atoms with E-state index in [2.05, 4.69) is 0 Å². The van der Waals surface area contributed by atoms with Gasteiger partial charge in [-0.15, -0.1) is 0 Å². The third kappa shape index (κ3) is 1.34. The fourth-order valence-electron chi connectivity index (χ4n) is 1.63. The maximum atomic E-state index is 10.9. The van der Waals surface area contributed by atoms with Gasteiger partial charge < -0.3 is 9.84 Å². The standard InChI is InChI=1S/C10H9ClO3/c1-5-4-7-8(11)3-2-6(10(12)13)9(7)14-5/h2-3,5H,4H2,1H3,(H,12,13). The lowest BCUT2D eigenvalue weighted by Crippen LogP contribution is -2.07. The number of carboxylic acid groups (broad SMARTS) is 1. The first kappa shape index (κ1) is 9.34. The number of aromatic carboxylic acids is 1. The predicted molar refractivity (Wildman–Crippen MR) is 52.2 cm³/mol. The average Bonchev–Trinajstić information content (AvgIpc) is 2.47. The minimum absolute atomic E-state index is 0.00278. The number of hydrogen-bond acceptors (Lipinski definition) is 2. The molecule has 4 heteroatoms. The summed E-state index contributed by atoms with van der Waals surface area (Å²) >= 11 is 5.94. The topological polar surface area (TPSA) is 46.5 Å². The van der Waals surface area contributed by atoms with E-state index in [0.717, 1.165) is 5.56 Å². The van der Waals surface area contributed by atoms with Crippen LogP contribution >= 0.6 is 11.6 Å². The molecule has 1 aliphatic heterocycles. The summed E-state index contributed by atoms with van der Waals surface area (Å²) < 4.78 is 5.41. The number of rotatable bonds is 1. The van der Waals surface area contributed by atoms with Crippen LogP contribution in [0.15, 0.2) is 12.1 Å². The van der Waals surface area contributed by atoms with E-state index in [0.29, 0.717) is 17.2 Å². The Labute approximate surface area is 86.3 Å². The van der Waals surface area contributed by atoms with Crippen LogP contribution in [-0.4, -0.2) is 17.2 Å². The van der Waals surface area contributed by atoms with Crippen molar-refractivity contribution in [2.75, 3.05) is 0 Å². The molecule has 1 aromatic rings. The number of ether oxygens (including phenoxy) is 1. The zero-order chi connectivity index (χ0) is 10.3. The summed E-state index contributed by atoms with van der Waals surface area (Å²) in [6.45, 7) is 1.89. The molecule has 0 aromatic heterocycles. The number of carbonyl (C=O) groups is 1. The number of halogens is 1. The number of fused-ring (bicyclic) bond motifs is 1. The molecule has 0 amide bonds. The van der Waals surface area contributed by atoms with Crippen LogP contribution in [0.4, 0.5) is 0 Å². The van der Waals surface area contributed by atoms with Crippen LogP contribution < -0.4 is 4.74 Å². The van der Waals surface area contributed by atoms with Crippen molar-refractivity contribution in [3.8, 4) is 5.75 Å². The highest BCUT2D eigenvalue weighted by molar-refractivity contribution is 6.31. The summed E-state index contributed by atoms with van der Waals surface area (Å²) in [6.07, 6.45) is 0.679. The van der Waals surface area contributed by atoms with Crippen LogP contribution in [0.25, 0.3) is 0 Å². The highest BCUT2D eigenvalue weighted by Crippen LogP contribution is 2.37. The molecular formula is C10H9ClO3. The Morgan fingerprint density at radius 1 is 1.64 bits per heavy atom. The number of carboxylic acids is 1. The van der Waals surface area contributed by atoms with Crippen LogP contribution in [0.1, 0.15) is 22.8 Å². The quantitative estimate of drug-likeness (QED) is 0.778. The first-order valence-electron chi connectivity index (χ1n) is 4.31. The molecule has 0 saturated carbocycles. The normalized spacial score (nSPS) is 18.9. The molecule has 14 heavy (non-hydrogen) atoms. The Bertz CT molecular complexity index is 401. The Balaban J connectivity index is 2.59. The summed E-state index contributed by atoms with van der Waals surface area (Å²) in [5, 5.41) is 9.48. The van der Waals surface area contributed by atoms with E-state index in [1.165, 1.54) is 6.07 Å². The second-order valence-corrected chi connectivity index (χ2v) is 3.75. The molecule has 74 valence electrons. The first-order chi connectivity index (χ1) is 6.59. The van der Waals surface area contributed by atoms with Crippen molar-refractivity contribution in [1.29, 1.82) is 0 Å². The van der Waals surface area contributed by atoms with Crippen LogP contribution in [0.5, 0.6) is 5.75 Å². The zero-order valence-electron chi connectivity index (χ0n) is 7.58. The van der Waals surface area contributed by atoms with Gasteiger partial charge in [-0.2, -0.15) is 0 Å². The van der Waals surface area contributed by atoms with Crippen LogP contribution in [0.3, 0.4) is 0 Å². The maximum Gasteiger partial charge on any atom is 0.339 e. The molecule has 0 bridgehead atoms. The fraction of sp³-hybridized carbons (Fsp3) is 0.300. The molecule has 0 saturated heterocycles. The molecule has 1 atom stereocenters. The molecule has 0 aliphatic carbocycles. The smallest absolute Gasteiger partial charge is 0.339 e. The van der Waals surface area contributed by atoms with E-state index in [1.807, 2.05) is 6.92 Å². The molecule has 1 heterocycles. The molecule has 3 nitrogen and oxygen atoms in total. The molecular weight excluding hydrogens is 204 g/mol. The van der Waals surface area contributed by atoms with Gasteiger partial charge in [0.15, 0.2) is 0 Å². The fourth-order valence-corrected chi connectivity index (χ4v) is 1.85. The third-order valence-electron chi connectivity index (χ3n) is 2.24. The molecule has 1 aromatic carbocycles. The molecule has 0 spiro atoms. The van der Waals surface area contributed by atoms with Crippen LogP contribution in [0.2, 0.25) is 5.02 Å². The van der Waals surface area contributed by atoms with Crippen LogP contribution in [-0.2, 0) is 6.42 Å². The van der Waals surface area contributed by atoms with Crippen molar-refractivity contribution in [2.24, 2.45) is 0 Å². The number of hydrogen-bond donors (Lipinski definition) is 1. The van der Waals surface area contributed by atoms with E-state index >= 15 is 0 Å². The SMILES string of the molecule is CC1Cc2c(Cl)ccc(C(=O)O)c2O1. The largest absolute Gasteiger partial charge is 0.489 e. The molecule has 1 N–H and O–H groups in total. The molecule has 2 rings (SSSR count). The van der Waals surface area contributed by atoms with Gasteiger partial charge in [0.2, 0.25) is 0 Å². The Morgan fingerprint density at radius 2 is 2.36 bits per heavy atom. The maximum absolute atomic E-state index is 10.9. The third-order valence-corrected chi connectivity index (χ3v) is 2.60. The summed E-state index contributed by atoms with van der Waals surface area (Å²) in [7, 11) is 0. The lowest BCUT2D eigenvalue weighted by Gasteiger charge is -2.06. The van der Waals surface area contributed by atoms with E-state index in [1.54, 1.807) is 6.07 Å². The van der Waals surface area contributed by atoms with Crippen molar-refractivity contribution in [3.05, 3.63) is 28.3 Å². The second-order valence-electron chi connectivity index (χ2n) is 3.34. The van der Waals surface area contributed by atoms with Crippen molar-refractivity contribution in [3.63, 3.8) is 0 Å². The average molecular weight is 213 g/mol. The lowest BCUT2D eigenvalue weighted by atomic mass is 10.1. The minimum Gasteiger partial charge on any atom is -0.489 e. The van der Waals surface area contributed by atoms with E-state index in [-0.39, 0.29) is 11.7 Å². The van der Waals surface area contributed by atoms with Crippen molar-refractivity contribution >= 4 is 17.6 Å². The van der Waals surface area contributed by atoms with Gasteiger partial charge in [0.05, 0.1) is 0 Å². The first-order valence-corrected chi connectivity index (χ1v) is 4.68. The van der Waals surface area contributed by atoms with Gasteiger partial charge in [-0.25, -0.2) is 4.79 Å². The van der Waals surface area contributed by atoms with Crippen molar-refractivity contribution in [1.82, 2.24) is 0 Å². The van der Waals surface area contributed by atoms with Gasteiger partial charge in [0.25, 0.3) is 0 Å². The Kier molecular flexibility index (Phi) is 2.11. The van der Waals surface area contributed by atoms with Crippen molar-refractivity contribution in [2.45, 2.75) is 19.4 Å². The van der Waals surface area contributed by atoms with Gasteiger partial charge in [-0.1, -0.05) is 11.6 Å². The monoisotopic (exact) mass is 212 g/mol.